The molecule has 134 valence electrons. The summed E-state index contributed by atoms with van der Waals surface area (Å²) in [6, 6.07) is 2.15. The number of aryl methyl sites for hydroxylation is 1. The largest absolute Gasteiger partial charge is 0.351 e. The Labute approximate surface area is 147 Å². The second-order valence-corrected chi connectivity index (χ2v) is 7.29. The van der Waals surface area contributed by atoms with Crippen LogP contribution in [-0.2, 0) is 11.8 Å². The zero-order valence-electron chi connectivity index (χ0n) is 14.6. The average Bonchev–Trinajstić information content (AvgIpc) is 3.37. The van der Waals surface area contributed by atoms with Crippen molar-refractivity contribution in [2.45, 2.75) is 44.2 Å². The Morgan fingerprint density at radius 2 is 2.16 bits per heavy atom. The van der Waals surface area contributed by atoms with Crippen LogP contribution in [0.2, 0.25) is 0 Å². The van der Waals surface area contributed by atoms with Crippen molar-refractivity contribution in [2.24, 2.45) is 13.0 Å². The molecule has 1 saturated carbocycles. The zero-order chi connectivity index (χ0) is 17.4. The van der Waals surface area contributed by atoms with Gasteiger partial charge >= 0.3 is 6.03 Å². The van der Waals surface area contributed by atoms with Crippen LogP contribution in [0.3, 0.4) is 0 Å². The molecule has 25 heavy (non-hydrogen) atoms. The molecule has 3 heterocycles. The molecule has 1 aromatic rings. The van der Waals surface area contributed by atoms with Gasteiger partial charge in [0.05, 0.1) is 17.8 Å². The zero-order valence-corrected chi connectivity index (χ0v) is 14.6. The third kappa shape index (κ3) is 3.41. The Kier molecular flexibility index (Phi) is 4.23. The molecule has 2 atom stereocenters. The number of hydrogen-bond donors (Lipinski definition) is 2. The van der Waals surface area contributed by atoms with Crippen LogP contribution in [0.5, 0.6) is 0 Å². The number of aromatic nitrogens is 2. The SMILES string of the molecule is Cn1nccc1C1=CCN(C(=O)N[C@H]2CCC(=O)N[C@H]2C2CC2)CC1. The fourth-order valence-electron chi connectivity index (χ4n) is 3.91. The van der Waals surface area contributed by atoms with Gasteiger partial charge < -0.3 is 15.5 Å². The summed E-state index contributed by atoms with van der Waals surface area (Å²) < 4.78 is 1.87. The van der Waals surface area contributed by atoms with Gasteiger partial charge in [0, 0.05) is 32.8 Å². The minimum absolute atomic E-state index is 0.0212. The highest BCUT2D eigenvalue weighted by atomic mass is 16.2. The fraction of sp³-hybridized carbons (Fsp3) is 0.611. The molecule has 1 aromatic heterocycles. The van der Waals surface area contributed by atoms with Gasteiger partial charge in [-0.3, -0.25) is 9.48 Å². The highest BCUT2D eigenvalue weighted by molar-refractivity contribution is 5.79. The summed E-state index contributed by atoms with van der Waals surface area (Å²) in [6.07, 6.45) is 8.28. The van der Waals surface area contributed by atoms with E-state index in [1.54, 1.807) is 6.20 Å². The maximum atomic E-state index is 12.7. The van der Waals surface area contributed by atoms with Gasteiger partial charge in [0.15, 0.2) is 0 Å². The minimum atomic E-state index is -0.0212. The van der Waals surface area contributed by atoms with Crippen LogP contribution in [0.15, 0.2) is 18.3 Å². The Morgan fingerprint density at radius 3 is 2.80 bits per heavy atom. The van der Waals surface area contributed by atoms with E-state index in [4.69, 9.17) is 0 Å². The number of piperidine rings is 1. The number of hydrogen-bond acceptors (Lipinski definition) is 3. The summed E-state index contributed by atoms with van der Waals surface area (Å²) in [5.74, 6) is 0.649. The second kappa shape index (κ2) is 6.54. The number of rotatable bonds is 3. The summed E-state index contributed by atoms with van der Waals surface area (Å²) >= 11 is 0. The van der Waals surface area contributed by atoms with Crippen LogP contribution in [0.25, 0.3) is 5.57 Å². The second-order valence-electron chi connectivity index (χ2n) is 7.29. The molecule has 0 radical (unpaired) electrons. The van der Waals surface area contributed by atoms with Crippen LogP contribution < -0.4 is 10.6 Å². The molecule has 0 spiro atoms. The molecule has 2 aliphatic heterocycles. The maximum absolute atomic E-state index is 12.7. The first-order valence-electron chi connectivity index (χ1n) is 9.14. The van der Waals surface area contributed by atoms with E-state index in [1.165, 1.54) is 5.57 Å². The van der Waals surface area contributed by atoms with Crippen LogP contribution in [-0.4, -0.2) is 51.8 Å². The lowest BCUT2D eigenvalue weighted by molar-refractivity contribution is -0.124. The predicted molar refractivity (Wildman–Crippen MR) is 93.6 cm³/mol. The lowest BCUT2D eigenvalue weighted by atomic mass is 9.94. The van der Waals surface area contributed by atoms with Crippen molar-refractivity contribution < 1.29 is 9.59 Å². The first kappa shape index (κ1) is 16.2. The molecular weight excluding hydrogens is 318 g/mol. The van der Waals surface area contributed by atoms with E-state index < -0.39 is 0 Å². The first-order valence-corrected chi connectivity index (χ1v) is 9.14. The Balaban J connectivity index is 1.36. The summed E-state index contributed by atoms with van der Waals surface area (Å²) in [5, 5.41) is 10.5. The minimum Gasteiger partial charge on any atom is -0.351 e. The average molecular weight is 343 g/mol. The van der Waals surface area contributed by atoms with Gasteiger partial charge in [-0.1, -0.05) is 6.08 Å². The molecule has 0 unspecified atom stereocenters. The van der Waals surface area contributed by atoms with E-state index >= 15 is 0 Å². The predicted octanol–water partition coefficient (Wildman–Crippen LogP) is 1.28. The van der Waals surface area contributed by atoms with Crippen molar-refractivity contribution in [1.29, 1.82) is 0 Å². The molecule has 2 fully saturated rings. The van der Waals surface area contributed by atoms with Crippen LogP contribution in [0.4, 0.5) is 4.79 Å². The van der Waals surface area contributed by atoms with E-state index in [9.17, 15) is 9.59 Å². The van der Waals surface area contributed by atoms with Gasteiger partial charge in [-0.25, -0.2) is 4.79 Å². The Bertz CT molecular complexity index is 706. The van der Waals surface area contributed by atoms with Crippen LogP contribution in [0, 0.1) is 5.92 Å². The molecule has 2 N–H and O–H groups in total. The van der Waals surface area contributed by atoms with E-state index in [0.717, 1.165) is 31.4 Å². The normalized spacial score (nSPS) is 26.8. The van der Waals surface area contributed by atoms with Crippen molar-refractivity contribution in [3.8, 4) is 0 Å². The van der Waals surface area contributed by atoms with Crippen molar-refractivity contribution in [2.75, 3.05) is 13.1 Å². The van der Waals surface area contributed by atoms with Gasteiger partial charge in [0.2, 0.25) is 5.91 Å². The fourth-order valence-corrected chi connectivity index (χ4v) is 3.91. The number of nitrogens with one attached hydrogen (secondary N) is 2. The molecule has 3 amide bonds. The lowest BCUT2D eigenvalue weighted by Crippen LogP contribution is -2.58. The maximum Gasteiger partial charge on any atom is 0.317 e. The molecule has 4 rings (SSSR count). The van der Waals surface area contributed by atoms with Crippen molar-refractivity contribution in [3.63, 3.8) is 0 Å². The van der Waals surface area contributed by atoms with E-state index in [-0.39, 0.29) is 24.0 Å². The topological polar surface area (TPSA) is 79.3 Å². The smallest absolute Gasteiger partial charge is 0.317 e. The summed E-state index contributed by atoms with van der Waals surface area (Å²) in [6.45, 7) is 1.32. The van der Waals surface area contributed by atoms with E-state index in [1.807, 2.05) is 22.7 Å². The molecule has 1 aliphatic carbocycles. The molecule has 0 bridgehead atoms. The molecule has 7 nitrogen and oxygen atoms in total. The number of nitrogens with zero attached hydrogens (tertiary/aromatic N) is 3. The number of urea groups is 1. The van der Waals surface area contributed by atoms with Crippen LogP contribution in [0.1, 0.15) is 37.8 Å². The van der Waals surface area contributed by atoms with Gasteiger partial charge in [-0.2, -0.15) is 5.10 Å². The summed E-state index contributed by atoms with van der Waals surface area (Å²) in [4.78, 5) is 26.2. The van der Waals surface area contributed by atoms with Crippen LogP contribution >= 0.6 is 0 Å². The summed E-state index contributed by atoms with van der Waals surface area (Å²) in [5.41, 5.74) is 2.36. The number of carbonyl (C=O) groups excluding carboxylic acids is 2. The molecule has 1 saturated heterocycles. The van der Waals surface area contributed by atoms with E-state index in [2.05, 4.69) is 21.8 Å². The number of carbonyl (C=O) groups is 2. The number of amides is 3. The van der Waals surface area contributed by atoms with Gasteiger partial charge in [0.1, 0.15) is 0 Å². The van der Waals surface area contributed by atoms with E-state index in [0.29, 0.717) is 25.4 Å². The monoisotopic (exact) mass is 343 g/mol. The lowest BCUT2D eigenvalue weighted by Gasteiger charge is -2.35. The molecule has 0 aromatic carbocycles. The van der Waals surface area contributed by atoms with Crippen molar-refractivity contribution in [1.82, 2.24) is 25.3 Å². The summed E-state index contributed by atoms with van der Waals surface area (Å²) in [7, 11) is 1.94. The van der Waals surface area contributed by atoms with Gasteiger partial charge in [-0.05, 0) is 43.2 Å². The third-order valence-electron chi connectivity index (χ3n) is 5.53. The Hall–Kier alpha value is -2.31. The first-order chi connectivity index (χ1) is 12.1. The molecular formula is C18H25N5O2. The Morgan fingerprint density at radius 1 is 1.32 bits per heavy atom. The molecule has 3 aliphatic rings. The van der Waals surface area contributed by atoms with Crippen molar-refractivity contribution >= 4 is 17.5 Å². The third-order valence-corrected chi connectivity index (χ3v) is 5.53. The highest BCUT2D eigenvalue weighted by Crippen LogP contribution is 2.36. The highest BCUT2D eigenvalue weighted by Gasteiger charge is 2.41. The quantitative estimate of drug-likeness (QED) is 0.868. The molecule has 7 heteroatoms. The van der Waals surface area contributed by atoms with Gasteiger partial charge in [-0.15, -0.1) is 0 Å². The van der Waals surface area contributed by atoms with Crippen molar-refractivity contribution in [3.05, 3.63) is 24.0 Å². The van der Waals surface area contributed by atoms with Gasteiger partial charge in [0.25, 0.3) is 0 Å². The standard InChI is InChI=1S/C18H25N5O2/c1-22-15(6-9-19-22)12-7-10-23(11-8-12)18(25)20-14-4-5-16(24)21-17(14)13-2-3-13/h6-7,9,13-14,17H,2-5,8,10-11H2,1H3,(H,20,25)(H,21,24)/t14-,17-/m0/s1.